The Bertz CT molecular complexity index is 325. The molecule has 0 fully saturated rings. The third-order valence-corrected chi connectivity index (χ3v) is 2.61. The maximum Gasteiger partial charge on any atom is 0.135 e. The predicted octanol–water partition coefficient (Wildman–Crippen LogP) is 4.45. The highest BCUT2D eigenvalue weighted by molar-refractivity contribution is 9.10. The average molecular weight is 276 g/mol. The van der Waals surface area contributed by atoms with Gasteiger partial charge < -0.3 is 4.74 Å². The third-order valence-electron chi connectivity index (χ3n) is 1.72. The maximum absolute atomic E-state index is 5.86. The molecule has 3 heteroatoms. The molecule has 1 aromatic rings. The summed E-state index contributed by atoms with van der Waals surface area (Å²) in [6, 6.07) is 5.49. The summed E-state index contributed by atoms with van der Waals surface area (Å²) in [5, 5.41) is 0.675. The van der Waals surface area contributed by atoms with Crippen molar-refractivity contribution in [2.24, 2.45) is 0 Å². The summed E-state index contributed by atoms with van der Waals surface area (Å²) in [5.41, 5.74) is 0. The van der Waals surface area contributed by atoms with Crippen LogP contribution < -0.4 is 4.74 Å². The van der Waals surface area contributed by atoms with E-state index in [9.17, 15) is 0 Å². The molecule has 1 rings (SSSR count). The lowest BCUT2D eigenvalue weighted by molar-refractivity contribution is 0.224. The number of halogens is 2. The molecule has 0 N–H and O–H groups in total. The second kappa shape index (κ2) is 5.42. The SMILES string of the molecule is C=CC[C@H](C)Oc1cc(Cl)ccc1Br. The van der Waals surface area contributed by atoms with Crippen molar-refractivity contribution in [1.29, 1.82) is 0 Å². The van der Waals surface area contributed by atoms with Gasteiger partial charge in [0.25, 0.3) is 0 Å². The molecule has 0 spiro atoms. The molecule has 1 nitrogen and oxygen atoms in total. The quantitative estimate of drug-likeness (QED) is 0.738. The summed E-state index contributed by atoms with van der Waals surface area (Å²) >= 11 is 9.26. The number of hydrogen-bond donors (Lipinski definition) is 0. The molecule has 0 aliphatic rings. The van der Waals surface area contributed by atoms with E-state index in [0.29, 0.717) is 5.02 Å². The van der Waals surface area contributed by atoms with Crippen LogP contribution in [0.5, 0.6) is 5.75 Å². The van der Waals surface area contributed by atoms with E-state index < -0.39 is 0 Å². The molecule has 0 saturated heterocycles. The van der Waals surface area contributed by atoms with Crippen LogP contribution in [-0.4, -0.2) is 6.10 Å². The lowest BCUT2D eigenvalue weighted by Crippen LogP contribution is -2.10. The van der Waals surface area contributed by atoms with Crippen molar-refractivity contribution in [3.63, 3.8) is 0 Å². The maximum atomic E-state index is 5.86. The van der Waals surface area contributed by atoms with E-state index >= 15 is 0 Å². The van der Waals surface area contributed by atoms with E-state index in [1.807, 2.05) is 25.1 Å². The number of benzene rings is 1. The molecule has 0 aromatic heterocycles. The van der Waals surface area contributed by atoms with Crippen LogP contribution in [0.1, 0.15) is 13.3 Å². The molecule has 1 aromatic carbocycles. The van der Waals surface area contributed by atoms with Gasteiger partial charge in [-0.15, -0.1) is 6.58 Å². The summed E-state index contributed by atoms with van der Waals surface area (Å²) in [4.78, 5) is 0. The highest BCUT2D eigenvalue weighted by Crippen LogP contribution is 2.29. The number of rotatable bonds is 4. The van der Waals surface area contributed by atoms with Gasteiger partial charge in [0, 0.05) is 11.4 Å². The molecule has 0 heterocycles. The largest absolute Gasteiger partial charge is 0.489 e. The predicted molar refractivity (Wildman–Crippen MR) is 64.1 cm³/mol. The standard InChI is InChI=1S/C11H12BrClO/c1-3-4-8(2)14-11-7-9(13)5-6-10(11)12/h3,5-8H,1,4H2,2H3/t8-/m0/s1. The molecule has 1 atom stereocenters. The van der Waals surface area contributed by atoms with Gasteiger partial charge in [-0.1, -0.05) is 17.7 Å². The molecule has 0 unspecified atom stereocenters. The molecule has 0 saturated carbocycles. The number of hydrogen-bond acceptors (Lipinski definition) is 1. The molecule has 14 heavy (non-hydrogen) atoms. The normalized spacial score (nSPS) is 12.2. The van der Waals surface area contributed by atoms with Crippen molar-refractivity contribution in [1.82, 2.24) is 0 Å². The number of ether oxygens (including phenoxy) is 1. The molecule has 0 aliphatic heterocycles. The van der Waals surface area contributed by atoms with Crippen LogP contribution in [0.3, 0.4) is 0 Å². The Hall–Kier alpha value is -0.470. The molecule has 0 radical (unpaired) electrons. The molecular formula is C11H12BrClO. The van der Waals surface area contributed by atoms with Gasteiger partial charge in [0.15, 0.2) is 0 Å². The van der Waals surface area contributed by atoms with E-state index in [1.54, 1.807) is 6.07 Å². The summed E-state index contributed by atoms with van der Waals surface area (Å²) in [7, 11) is 0. The van der Waals surface area contributed by atoms with Gasteiger partial charge in [-0.05, 0) is 41.1 Å². The van der Waals surface area contributed by atoms with Crippen LogP contribution in [0, 0.1) is 0 Å². The minimum absolute atomic E-state index is 0.113. The summed E-state index contributed by atoms with van der Waals surface area (Å²) < 4.78 is 6.58. The van der Waals surface area contributed by atoms with Crippen LogP contribution in [0.2, 0.25) is 5.02 Å². The molecule has 76 valence electrons. The van der Waals surface area contributed by atoms with E-state index in [0.717, 1.165) is 16.6 Å². The second-order valence-electron chi connectivity index (χ2n) is 3.03. The summed E-state index contributed by atoms with van der Waals surface area (Å²) in [6.07, 6.45) is 2.77. The van der Waals surface area contributed by atoms with Gasteiger partial charge >= 0.3 is 0 Å². The Morgan fingerprint density at radius 3 is 3.00 bits per heavy atom. The van der Waals surface area contributed by atoms with Crippen LogP contribution in [-0.2, 0) is 0 Å². The lowest BCUT2D eigenvalue weighted by atomic mass is 10.3. The first-order valence-electron chi connectivity index (χ1n) is 4.36. The van der Waals surface area contributed by atoms with Crippen molar-refractivity contribution in [3.05, 3.63) is 40.3 Å². The highest BCUT2D eigenvalue weighted by atomic mass is 79.9. The molecule has 0 bridgehead atoms. The van der Waals surface area contributed by atoms with Crippen molar-refractivity contribution in [2.45, 2.75) is 19.4 Å². The fraction of sp³-hybridized carbons (Fsp3) is 0.273. The van der Waals surface area contributed by atoms with Crippen LogP contribution >= 0.6 is 27.5 Å². The fourth-order valence-electron chi connectivity index (χ4n) is 1.07. The van der Waals surface area contributed by atoms with E-state index in [2.05, 4.69) is 22.5 Å². The van der Waals surface area contributed by atoms with Crippen molar-refractivity contribution >= 4 is 27.5 Å². The van der Waals surface area contributed by atoms with Gasteiger partial charge in [0.05, 0.1) is 10.6 Å². The molecule has 0 aliphatic carbocycles. The van der Waals surface area contributed by atoms with Gasteiger partial charge in [0.1, 0.15) is 5.75 Å². The monoisotopic (exact) mass is 274 g/mol. The average Bonchev–Trinajstić information content (AvgIpc) is 2.12. The lowest BCUT2D eigenvalue weighted by Gasteiger charge is -2.14. The van der Waals surface area contributed by atoms with Gasteiger partial charge in [-0.3, -0.25) is 0 Å². The Balaban J connectivity index is 2.74. The zero-order valence-electron chi connectivity index (χ0n) is 7.97. The van der Waals surface area contributed by atoms with Gasteiger partial charge in [0.2, 0.25) is 0 Å². The zero-order chi connectivity index (χ0) is 10.6. The van der Waals surface area contributed by atoms with Crippen molar-refractivity contribution < 1.29 is 4.74 Å². The van der Waals surface area contributed by atoms with E-state index in [1.165, 1.54) is 0 Å². The second-order valence-corrected chi connectivity index (χ2v) is 4.32. The van der Waals surface area contributed by atoms with Crippen LogP contribution in [0.15, 0.2) is 35.3 Å². The molecular weight excluding hydrogens is 263 g/mol. The first-order valence-corrected chi connectivity index (χ1v) is 5.53. The van der Waals surface area contributed by atoms with Crippen LogP contribution in [0.4, 0.5) is 0 Å². The zero-order valence-corrected chi connectivity index (χ0v) is 10.3. The van der Waals surface area contributed by atoms with Crippen LogP contribution in [0.25, 0.3) is 0 Å². The third kappa shape index (κ3) is 3.35. The van der Waals surface area contributed by atoms with Crippen molar-refractivity contribution in [2.75, 3.05) is 0 Å². The Kier molecular flexibility index (Phi) is 4.49. The first kappa shape index (κ1) is 11.6. The Labute approximate surface area is 97.9 Å². The van der Waals surface area contributed by atoms with E-state index in [-0.39, 0.29) is 6.10 Å². The smallest absolute Gasteiger partial charge is 0.135 e. The first-order chi connectivity index (χ1) is 6.63. The topological polar surface area (TPSA) is 9.23 Å². The minimum atomic E-state index is 0.113. The highest BCUT2D eigenvalue weighted by Gasteiger charge is 2.06. The Morgan fingerprint density at radius 2 is 2.36 bits per heavy atom. The molecule has 0 amide bonds. The fourth-order valence-corrected chi connectivity index (χ4v) is 1.57. The van der Waals surface area contributed by atoms with Gasteiger partial charge in [-0.2, -0.15) is 0 Å². The summed E-state index contributed by atoms with van der Waals surface area (Å²) in [5.74, 6) is 0.770. The summed E-state index contributed by atoms with van der Waals surface area (Å²) in [6.45, 7) is 5.66. The van der Waals surface area contributed by atoms with Crippen molar-refractivity contribution in [3.8, 4) is 5.75 Å². The Morgan fingerprint density at radius 1 is 1.64 bits per heavy atom. The van der Waals surface area contributed by atoms with E-state index in [4.69, 9.17) is 16.3 Å². The minimum Gasteiger partial charge on any atom is -0.489 e. The van der Waals surface area contributed by atoms with Gasteiger partial charge in [-0.25, -0.2) is 0 Å².